The third kappa shape index (κ3) is 6.82. The summed E-state index contributed by atoms with van der Waals surface area (Å²) in [6, 6.07) is 28.2. The van der Waals surface area contributed by atoms with Gasteiger partial charge >= 0.3 is 6.18 Å². The number of hydrogen-bond acceptors (Lipinski definition) is 4. The van der Waals surface area contributed by atoms with Gasteiger partial charge in [0.15, 0.2) is 0 Å². The van der Waals surface area contributed by atoms with Crippen molar-refractivity contribution in [1.82, 2.24) is 19.5 Å². The van der Waals surface area contributed by atoms with Crippen LogP contribution in [0.3, 0.4) is 0 Å². The first-order valence-electron chi connectivity index (χ1n) is 16.4. The first-order chi connectivity index (χ1) is 23.6. The van der Waals surface area contributed by atoms with Gasteiger partial charge in [-0.3, -0.25) is 9.97 Å². The maximum absolute atomic E-state index is 13.8. The van der Waals surface area contributed by atoms with Gasteiger partial charge in [0.05, 0.1) is 22.4 Å². The van der Waals surface area contributed by atoms with Gasteiger partial charge < -0.3 is 14.7 Å². The van der Waals surface area contributed by atoms with Crippen molar-refractivity contribution >= 4 is 21.9 Å². The molecule has 0 atom stereocenters. The van der Waals surface area contributed by atoms with Crippen LogP contribution in [0.25, 0.3) is 61.3 Å². The van der Waals surface area contributed by atoms with Gasteiger partial charge in [0.2, 0.25) is 0 Å². The third-order valence-corrected chi connectivity index (χ3v) is 9.07. The minimum atomic E-state index is -4.58. The van der Waals surface area contributed by atoms with E-state index in [-0.39, 0.29) is 43.2 Å². The Morgan fingerprint density at radius 3 is 2.02 bits per heavy atom. The maximum atomic E-state index is 13.8. The fraction of sp³-hybridized carbons (Fsp3) is 0.214. The quantitative estimate of drug-likeness (QED) is 0.179. The molecular formula is C42H36F3N4OPt-. The molecule has 0 spiro atoms. The molecule has 4 aromatic carbocycles. The molecule has 1 N–H and O–H groups in total. The number of nitrogens with zero attached hydrogens (tertiary/aromatic N) is 4. The van der Waals surface area contributed by atoms with Crippen molar-refractivity contribution in [2.24, 2.45) is 0 Å². The van der Waals surface area contributed by atoms with Crippen molar-refractivity contribution in [1.29, 1.82) is 0 Å². The summed E-state index contributed by atoms with van der Waals surface area (Å²) in [6.45, 7) is 12.9. The minimum absolute atomic E-state index is 0. The van der Waals surface area contributed by atoms with Crippen molar-refractivity contribution in [2.45, 2.75) is 58.5 Å². The summed E-state index contributed by atoms with van der Waals surface area (Å²) in [4.78, 5) is 14.4. The number of phenolic OH excluding ortho intramolecular Hbond substituents is 1. The summed E-state index contributed by atoms with van der Waals surface area (Å²) < 4.78 is 43.4. The molecule has 0 saturated heterocycles. The van der Waals surface area contributed by atoms with Crippen molar-refractivity contribution < 1.29 is 39.3 Å². The van der Waals surface area contributed by atoms with E-state index >= 15 is 0 Å². The average molecular weight is 865 g/mol. The Bertz CT molecular complexity index is 2400. The van der Waals surface area contributed by atoms with Gasteiger partial charge in [-0.1, -0.05) is 101 Å². The molecule has 3 aromatic heterocycles. The molecule has 0 saturated carbocycles. The predicted octanol–water partition coefficient (Wildman–Crippen LogP) is 11.1. The molecule has 7 rings (SSSR count). The number of aromatic hydroxyl groups is 1. The zero-order valence-corrected chi connectivity index (χ0v) is 31.3. The van der Waals surface area contributed by atoms with Gasteiger partial charge in [-0.2, -0.15) is 13.2 Å². The molecule has 5 nitrogen and oxygen atoms in total. The molecule has 262 valence electrons. The maximum Gasteiger partial charge on any atom is 0.416 e. The molecule has 9 heteroatoms. The monoisotopic (exact) mass is 864 g/mol. The van der Waals surface area contributed by atoms with E-state index in [0.717, 1.165) is 57.0 Å². The number of para-hydroxylation sites is 1. The molecule has 3 heterocycles. The van der Waals surface area contributed by atoms with Gasteiger partial charge in [-0.05, 0) is 82.2 Å². The van der Waals surface area contributed by atoms with E-state index in [9.17, 15) is 18.3 Å². The number of rotatable bonds is 4. The largest absolute Gasteiger partial charge is 0.507 e. The molecule has 0 bridgehead atoms. The van der Waals surface area contributed by atoms with E-state index in [2.05, 4.69) is 76.9 Å². The van der Waals surface area contributed by atoms with E-state index in [1.54, 1.807) is 30.7 Å². The van der Waals surface area contributed by atoms with Crippen LogP contribution in [0.1, 0.15) is 58.2 Å². The molecule has 0 unspecified atom stereocenters. The van der Waals surface area contributed by atoms with Crippen molar-refractivity contribution in [2.75, 3.05) is 0 Å². The Morgan fingerprint density at radius 1 is 0.667 bits per heavy atom. The van der Waals surface area contributed by atoms with Crippen LogP contribution in [-0.4, -0.2) is 24.6 Å². The first kappa shape index (κ1) is 36.0. The summed E-state index contributed by atoms with van der Waals surface area (Å²) in [5, 5.41) is 11.8. The molecule has 0 aliphatic heterocycles. The van der Waals surface area contributed by atoms with Crippen LogP contribution in [0.5, 0.6) is 5.75 Å². The Hall–Kier alpha value is -4.81. The van der Waals surface area contributed by atoms with E-state index in [4.69, 9.17) is 9.97 Å². The molecule has 0 radical (unpaired) electrons. The van der Waals surface area contributed by atoms with Crippen LogP contribution in [0.2, 0.25) is 0 Å². The number of alkyl halides is 3. The summed E-state index contributed by atoms with van der Waals surface area (Å²) in [5.41, 5.74) is 6.56. The van der Waals surface area contributed by atoms with Gasteiger partial charge in [-0.25, -0.2) is 0 Å². The standard InChI is InChI=1S/C42H36F3N4O.Pt/c1-40(2,3)28-12-15-31(16-13-28)49-35-11-7-10-32(34-21-29(42(43,44)45)14-17-36(34)50)38(35)48-39(49)27-19-26(23-46-24-27)33-22-30(41(4,5)6)20-25-9-8-18-47-37(25)33;/h7-18,20-24,50H,1-6H3;/q-1;. The SMILES string of the molecule is CC(C)(C)c1ccc(-n2c(-c3[c-]c(-c4cc(C(C)(C)C)cc5cccnc45)cnc3)nc3c(-c4cc(C(F)(F)F)ccc4O)cccc32)cc1.[Pt]. The molecule has 7 aromatic rings. The fourth-order valence-electron chi connectivity index (χ4n) is 6.27. The number of phenols is 1. The summed E-state index contributed by atoms with van der Waals surface area (Å²) >= 11 is 0. The van der Waals surface area contributed by atoms with Gasteiger partial charge in [-0.15, -0.1) is 6.07 Å². The first-order valence-corrected chi connectivity index (χ1v) is 16.4. The number of benzene rings is 4. The van der Waals surface area contributed by atoms with Crippen LogP contribution >= 0.6 is 0 Å². The van der Waals surface area contributed by atoms with E-state index in [1.807, 2.05) is 34.9 Å². The van der Waals surface area contributed by atoms with Gasteiger partial charge in [0, 0.05) is 49.6 Å². The Morgan fingerprint density at radius 2 is 1.33 bits per heavy atom. The zero-order valence-electron chi connectivity index (χ0n) is 29.0. The van der Waals surface area contributed by atoms with Crippen molar-refractivity contribution in [3.05, 3.63) is 126 Å². The van der Waals surface area contributed by atoms with Crippen molar-refractivity contribution in [3.63, 3.8) is 0 Å². The van der Waals surface area contributed by atoms with Gasteiger partial charge in [0.1, 0.15) is 5.75 Å². The molecular weight excluding hydrogens is 829 g/mol. The van der Waals surface area contributed by atoms with E-state index in [0.29, 0.717) is 28.0 Å². The summed E-state index contributed by atoms with van der Waals surface area (Å²) in [6.07, 6.45) is 0.636. The average Bonchev–Trinajstić information content (AvgIpc) is 3.47. The Balaban J connectivity index is 0.00000448. The molecule has 0 aliphatic rings. The predicted molar refractivity (Wildman–Crippen MR) is 193 cm³/mol. The van der Waals surface area contributed by atoms with Gasteiger partial charge in [0.25, 0.3) is 0 Å². The van der Waals surface area contributed by atoms with Crippen molar-refractivity contribution in [3.8, 4) is 45.1 Å². The third-order valence-electron chi connectivity index (χ3n) is 9.07. The smallest absolute Gasteiger partial charge is 0.416 e. The normalized spacial score (nSPS) is 12.3. The number of hydrogen-bond donors (Lipinski definition) is 1. The number of aromatic nitrogens is 4. The zero-order chi connectivity index (χ0) is 35.6. The summed E-state index contributed by atoms with van der Waals surface area (Å²) in [5.74, 6) is 0.227. The van der Waals surface area contributed by atoms with E-state index < -0.39 is 11.7 Å². The van der Waals surface area contributed by atoms with Crippen LogP contribution in [0.4, 0.5) is 13.2 Å². The molecule has 0 amide bonds. The Kier molecular flexibility index (Phi) is 9.22. The Labute approximate surface area is 309 Å². The number of pyridine rings is 2. The number of fused-ring (bicyclic) bond motifs is 2. The molecule has 0 aliphatic carbocycles. The van der Waals surface area contributed by atoms with Crippen LogP contribution in [0.15, 0.2) is 104 Å². The number of imidazole rings is 1. The van der Waals surface area contributed by atoms with Crippen LogP contribution in [-0.2, 0) is 38.1 Å². The van der Waals surface area contributed by atoms with Crippen LogP contribution < -0.4 is 0 Å². The molecule has 0 fully saturated rings. The second-order valence-electron chi connectivity index (χ2n) is 14.7. The fourth-order valence-corrected chi connectivity index (χ4v) is 6.27. The summed E-state index contributed by atoms with van der Waals surface area (Å²) in [7, 11) is 0. The topological polar surface area (TPSA) is 63.8 Å². The second kappa shape index (κ2) is 13.1. The number of halogens is 3. The minimum Gasteiger partial charge on any atom is -0.507 e. The molecule has 51 heavy (non-hydrogen) atoms. The van der Waals surface area contributed by atoms with E-state index in [1.165, 1.54) is 0 Å². The second-order valence-corrected chi connectivity index (χ2v) is 14.7. The van der Waals surface area contributed by atoms with Crippen LogP contribution in [0, 0.1) is 6.07 Å².